The number of halogens is 1. The summed E-state index contributed by atoms with van der Waals surface area (Å²) < 4.78 is 21.4. The average Bonchev–Trinajstić information content (AvgIpc) is 3.17. The molecule has 0 radical (unpaired) electrons. The number of carbonyl (C=O) groups is 2. The zero-order valence-electron chi connectivity index (χ0n) is 17.3. The molecule has 1 atom stereocenters. The fourth-order valence-electron chi connectivity index (χ4n) is 2.75. The van der Waals surface area contributed by atoms with E-state index >= 15 is 0 Å². The third kappa shape index (κ3) is 5.21. The van der Waals surface area contributed by atoms with Crippen molar-refractivity contribution in [2.45, 2.75) is 24.3 Å². The summed E-state index contributed by atoms with van der Waals surface area (Å²) >= 11 is 1.07. The van der Waals surface area contributed by atoms with Gasteiger partial charge in [-0.15, -0.1) is 10.2 Å². The molecule has 31 heavy (non-hydrogen) atoms. The van der Waals surface area contributed by atoms with Crippen molar-refractivity contribution in [2.75, 3.05) is 13.7 Å². The first-order valence-electron chi connectivity index (χ1n) is 9.54. The number of nitrogens with zero attached hydrogens (tertiary/aromatic N) is 3. The first-order valence-corrected chi connectivity index (χ1v) is 10.4. The van der Waals surface area contributed by atoms with Crippen LogP contribution in [0.3, 0.4) is 0 Å². The van der Waals surface area contributed by atoms with Gasteiger partial charge in [-0.1, -0.05) is 23.9 Å². The highest BCUT2D eigenvalue weighted by atomic mass is 32.2. The molecule has 1 aromatic heterocycles. The molecule has 0 unspecified atom stereocenters. The maximum atomic E-state index is 14.7. The number of hydrogen-bond donors (Lipinski definition) is 2. The lowest BCUT2D eigenvalue weighted by Gasteiger charge is -2.14. The van der Waals surface area contributed by atoms with Crippen molar-refractivity contribution >= 4 is 23.7 Å². The van der Waals surface area contributed by atoms with Crippen LogP contribution in [0.2, 0.25) is 0 Å². The predicted octanol–water partition coefficient (Wildman–Crippen LogP) is 3.41. The molecular formula is C21H22FN5O3S. The molecule has 2 aromatic carbocycles. The van der Waals surface area contributed by atoms with Crippen LogP contribution in [0.25, 0.3) is 17.1 Å². The topological polar surface area (TPSA) is 98.1 Å². The molecule has 0 spiro atoms. The number of methoxy groups -OCH3 is 1. The van der Waals surface area contributed by atoms with Gasteiger partial charge in [0.2, 0.25) is 5.91 Å². The van der Waals surface area contributed by atoms with E-state index in [0.717, 1.165) is 11.8 Å². The van der Waals surface area contributed by atoms with E-state index in [1.54, 1.807) is 68.0 Å². The first kappa shape index (κ1) is 22.3. The smallest absolute Gasteiger partial charge is 0.321 e. The summed E-state index contributed by atoms with van der Waals surface area (Å²) in [7, 11) is 1.57. The Bertz CT molecular complexity index is 1070. The van der Waals surface area contributed by atoms with Gasteiger partial charge in [-0.25, -0.2) is 9.18 Å². The zero-order chi connectivity index (χ0) is 22.4. The Morgan fingerprint density at radius 2 is 1.87 bits per heavy atom. The highest BCUT2D eigenvalue weighted by Crippen LogP contribution is 2.31. The van der Waals surface area contributed by atoms with Crippen LogP contribution in [0.4, 0.5) is 9.18 Å². The van der Waals surface area contributed by atoms with Gasteiger partial charge in [-0.05, 0) is 50.2 Å². The van der Waals surface area contributed by atoms with Crippen LogP contribution in [0.5, 0.6) is 5.75 Å². The molecule has 3 aromatic rings. The van der Waals surface area contributed by atoms with Gasteiger partial charge >= 0.3 is 6.03 Å². The molecule has 3 amide bonds. The van der Waals surface area contributed by atoms with Gasteiger partial charge < -0.3 is 10.1 Å². The van der Waals surface area contributed by atoms with E-state index in [4.69, 9.17) is 4.74 Å². The monoisotopic (exact) mass is 443 g/mol. The van der Waals surface area contributed by atoms with Crippen LogP contribution in [0.15, 0.2) is 53.7 Å². The lowest BCUT2D eigenvalue weighted by atomic mass is 10.2. The lowest BCUT2D eigenvalue weighted by Crippen LogP contribution is -2.42. The van der Waals surface area contributed by atoms with E-state index in [9.17, 15) is 14.0 Å². The van der Waals surface area contributed by atoms with Crippen LogP contribution in [-0.2, 0) is 4.79 Å². The maximum Gasteiger partial charge on any atom is 0.321 e. The molecule has 0 saturated carbocycles. The Labute approximate surface area is 183 Å². The zero-order valence-corrected chi connectivity index (χ0v) is 18.1. The van der Waals surface area contributed by atoms with Crippen molar-refractivity contribution in [1.29, 1.82) is 0 Å². The number of carbonyl (C=O) groups excluding carboxylic acids is 2. The molecule has 1 heterocycles. The maximum absolute atomic E-state index is 14.7. The van der Waals surface area contributed by atoms with Crippen LogP contribution in [0.1, 0.15) is 13.8 Å². The second-order valence-corrected chi connectivity index (χ2v) is 7.74. The molecule has 162 valence electrons. The molecule has 2 N–H and O–H groups in total. The Morgan fingerprint density at radius 3 is 2.52 bits per heavy atom. The minimum absolute atomic E-state index is 0.247. The van der Waals surface area contributed by atoms with Crippen molar-refractivity contribution < 1.29 is 18.7 Å². The molecule has 8 nitrogen and oxygen atoms in total. The summed E-state index contributed by atoms with van der Waals surface area (Å²) in [5, 5.41) is 12.8. The van der Waals surface area contributed by atoms with Crippen molar-refractivity contribution in [3.63, 3.8) is 0 Å². The second-order valence-electron chi connectivity index (χ2n) is 6.43. The number of nitrogens with one attached hydrogen (secondary N) is 2. The number of thioether (sulfide) groups is 1. The third-order valence-electron chi connectivity index (χ3n) is 4.30. The lowest BCUT2D eigenvalue weighted by molar-refractivity contribution is -0.119. The number of hydrogen-bond acceptors (Lipinski definition) is 6. The molecule has 0 aliphatic heterocycles. The van der Waals surface area contributed by atoms with Gasteiger partial charge in [0.15, 0.2) is 11.0 Å². The Hall–Kier alpha value is -3.40. The Morgan fingerprint density at radius 1 is 1.16 bits per heavy atom. The number of urea groups is 1. The highest BCUT2D eigenvalue weighted by molar-refractivity contribution is 8.00. The van der Waals surface area contributed by atoms with E-state index in [-0.39, 0.29) is 5.69 Å². The molecule has 0 fully saturated rings. The Kier molecular flexibility index (Phi) is 7.24. The van der Waals surface area contributed by atoms with E-state index in [1.165, 1.54) is 6.07 Å². The largest absolute Gasteiger partial charge is 0.497 e. The second kappa shape index (κ2) is 10.1. The van der Waals surface area contributed by atoms with Crippen molar-refractivity contribution in [3.05, 3.63) is 54.3 Å². The summed E-state index contributed by atoms with van der Waals surface area (Å²) in [5.41, 5.74) is 0.944. The molecule has 10 heteroatoms. The number of benzene rings is 2. The number of imide groups is 1. The predicted molar refractivity (Wildman–Crippen MR) is 116 cm³/mol. The van der Waals surface area contributed by atoms with Crippen molar-refractivity contribution in [2.24, 2.45) is 0 Å². The third-order valence-corrected chi connectivity index (χ3v) is 5.34. The fraction of sp³-hybridized carbons (Fsp3) is 0.238. The normalized spacial score (nSPS) is 11.6. The minimum atomic E-state index is -0.680. The van der Waals surface area contributed by atoms with Gasteiger partial charge in [-0.2, -0.15) is 0 Å². The first-order chi connectivity index (χ1) is 14.9. The molecular weight excluding hydrogens is 421 g/mol. The standard InChI is InChI=1S/C21H22FN5O3S/c1-4-23-20(29)24-19(28)13(2)31-21-26-25-18(14-9-11-15(30-3)12-10-14)27(21)17-8-6-5-7-16(17)22/h5-13H,4H2,1-3H3,(H2,23,24,28,29)/t13-/m1/s1. The van der Waals surface area contributed by atoms with E-state index in [2.05, 4.69) is 20.8 Å². The fourth-order valence-corrected chi connectivity index (χ4v) is 3.61. The minimum Gasteiger partial charge on any atom is -0.497 e. The van der Waals surface area contributed by atoms with E-state index < -0.39 is 23.0 Å². The van der Waals surface area contributed by atoms with Crippen molar-refractivity contribution in [3.8, 4) is 22.8 Å². The number of aromatic nitrogens is 3. The van der Waals surface area contributed by atoms with Crippen LogP contribution >= 0.6 is 11.8 Å². The van der Waals surface area contributed by atoms with Crippen LogP contribution < -0.4 is 15.4 Å². The van der Waals surface area contributed by atoms with Gasteiger partial charge in [0.05, 0.1) is 18.0 Å². The number of amides is 3. The van der Waals surface area contributed by atoms with Crippen molar-refractivity contribution in [1.82, 2.24) is 25.4 Å². The molecule has 0 saturated heterocycles. The summed E-state index contributed by atoms with van der Waals surface area (Å²) in [6.45, 7) is 3.78. The average molecular weight is 444 g/mol. The quantitative estimate of drug-likeness (QED) is 0.543. The van der Waals surface area contributed by atoms with Gasteiger partial charge in [0, 0.05) is 12.1 Å². The molecule has 0 bridgehead atoms. The summed E-state index contributed by atoms with van der Waals surface area (Å²) in [4.78, 5) is 24.0. The number of rotatable bonds is 7. The SMILES string of the molecule is CCNC(=O)NC(=O)[C@@H](C)Sc1nnc(-c2ccc(OC)cc2)n1-c1ccccc1F. The highest BCUT2D eigenvalue weighted by Gasteiger charge is 2.24. The molecule has 3 rings (SSSR count). The molecule has 0 aliphatic rings. The number of ether oxygens (including phenoxy) is 1. The number of para-hydroxylation sites is 1. The van der Waals surface area contributed by atoms with Gasteiger partial charge in [-0.3, -0.25) is 14.7 Å². The van der Waals surface area contributed by atoms with E-state index in [0.29, 0.717) is 28.8 Å². The Balaban J connectivity index is 1.97. The summed E-state index contributed by atoms with van der Waals surface area (Å²) in [5.74, 6) is 0.126. The van der Waals surface area contributed by atoms with Crippen LogP contribution in [0, 0.1) is 5.82 Å². The molecule has 0 aliphatic carbocycles. The summed E-state index contributed by atoms with van der Waals surface area (Å²) in [6, 6.07) is 12.8. The van der Waals surface area contributed by atoms with E-state index in [1.807, 2.05) is 0 Å². The van der Waals surface area contributed by atoms with Gasteiger partial charge in [0.25, 0.3) is 0 Å². The van der Waals surface area contributed by atoms with Crippen LogP contribution in [-0.4, -0.2) is 45.6 Å². The van der Waals surface area contributed by atoms with Gasteiger partial charge in [0.1, 0.15) is 11.6 Å². The summed E-state index contributed by atoms with van der Waals surface area (Å²) in [6.07, 6.45) is 0.